The van der Waals surface area contributed by atoms with Crippen molar-refractivity contribution in [3.63, 3.8) is 0 Å². The molecule has 1 aromatic heterocycles. The SMILES string of the molecule is CC1=C2C(Nc3cc(C(=O)NC4CC4)ccc3C)=NC=NN2CC1C(=O)c1ccn(C)c1. The number of Topliss-reactive ketones (excluding diaryl/α,β-unsaturated/α-hetero) is 1. The Kier molecular flexibility index (Phi) is 4.92. The van der Waals surface area contributed by atoms with Crippen molar-refractivity contribution in [2.45, 2.75) is 32.7 Å². The van der Waals surface area contributed by atoms with Gasteiger partial charge in [-0.15, -0.1) is 0 Å². The molecular weight excluding hydrogens is 404 g/mol. The summed E-state index contributed by atoms with van der Waals surface area (Å²) in [6.07, 6.45) is 7.30. The number of hydrogen-bond acceptors (Lipinski definition) is 6. The van der Waals surface area contributed by atoms with Crippen LogP contribution in [0.5, 0.6) is 0 Å². The average molecular weight is 431 g/mol. The number of hydrogen-bond donors (Lipinski definition) is 2. The quantitative estimate of drug-likeness (QED) is 0.714. The van der Waals surface area contributed by atoms with Gasteiger partial charge in [0.25, 0.3) is 5.91 Å². The van der Waals surface area contributed by atoms with Gasteiger partial charge >= 0.3 is 0 Å². The lowest BCUT2D eigenvalue weighted by Gasteiger charge is -2.22. The lowest BCUT2D eigenvalue weighted by atomic mass is 9.94. The van der Waals surface area contributed by atoms with Crippen LogP contribution in [-0.4, -0.2) is 46.0 Å². The highest BCUT2D eigenvalue weighted by atomic mass is 16.1. The predicted octanol–water partition coefficient (Wildman–Crippen LogP) is 3.08. The molecule has 5 rings (SSSR count). The number of carbonyl (C=O) groups is 2. The van der Waals surface area contributed by atoms with E-state index in [1.165, 1.54) is 6.34 Å². The van der Waals surface area contributed by atoms with Crippen molar-refractivity contribution in [1.82, 2.24) is 14.9 Å². The van der Waals surface area contributed by atoms with Gasteiger partial charge in [-0.3, -0.25) is 14.6 Å². The number of anilines is 1. The van der Waals surface area contributed by atoms with Crippen molar-refractivity contribution in [3.8, 4) is 0 Å². The van der Waals surface area contributed by atoms with Crippen molar-refractivity contribution in [2.24, 2.45) is 23.1 Å². The molecule has 0 bridgehead atoms. The molecule has 2 aromatic rings. The summed E-state index contributed by atoms with van der Waals surface area (Å²) < 4.78 is 1.87. The first-order valence-electron chi connectivity index (χ1n) is 10.8. The normalized spacial score (nSPS) is 19.7. The molecule has 1 aromatic carbocycles. The molecule has 1 fully saturated rings. The smallest absolute Gasteiger partial charge is 0.251 e. The molecular formula is C24H26N6O2. The highest BCUT2D eigenvalue weighted by Crippen LogP contribution is 2.33. The number of carbonyl (C=O) groups excluding carboxylic acids is 2. The van der Waals surface area contributed by atoms with E-state index in [1.54, 1.807) is 0 Å². The van der Waals surface area contributed by atoms with Gasteiger partial charge < -0.3 is 15.2 Å². The topological polar surface area (TPSA) is 91.1 Å². The average Bonchev–Trinajstić information content (AvgIpc) is 3.37. The van der Waals surface area contributed by atoms with Crippen LogP contribution in [0.2, 0.25) is 0 Å². The molecule has 3 heterocycles. The second kappa shape index (κ2) is 7.78. The Morgan fingerprint density at radius 1 is 1.12 bits per heavy atom. The summed E-state index contributed by atoms with van der Waals surface area (Å²) in [6, 6.07) is 7.76. The second-order valence-corrected chi connectivity index (χ2v) is 8.71. The summed E-state index contributed by atoms with van der Waals surface area (Å²) in [5.74, 6) is 0.360. The number of aryl methyl sites for hydroxylation is 2. The van der Waals surface area contributed by atoms with Crippen LogP contribution < -0.4 is 10.6 Å². The standard InChI is InChI=1S/C24H26N6O2/c1-14-4-5-16(24(32)27-18-6-7-18)10-20(14)28-23-21-15(2)19(12-30(21)26-13-25-23)22(31)17-8-9-29(3)11-17/h4-5,8-11,13,18-19H,6-7,12H2,1-3H3,(H,27,32)(H,25,26,28). The third-order valence-corrected chi connectivity index (χ3v) is 6.21. The highest BCUT2D eigenvalue weighted by molar-refractivity contribution is 6.13. The van der Waals surface area contributed by atoms with Gasteiger partial charge in [0, 0.05) is 42.3 Å². The van der Waals surface area contributed by atoms with Crippen LogP contribution in [0.15, 0.2) is 58.0 Å². The molecule has 2 aliphatic heterocycles. The number of nitrogens with one attached hydrogen (secondary N) is 2. The minimum absolute atomic E-state index is 0.0610. The van der Waals surface area contributed by atoms with Crippen LogP contribution >= 0.6 is 0 Å². The molecule has 1 atom stereocenters. The minimum atomic E-state index is -0.286. The van der Waals surface area contributed by atoms with Gasteiger partial charge in [-0.1, -0.05) is 6.07 Å². The number of fused-ring (bicyclic) bond motifs is 1. The van der Waals surface area contributed by atoms with Gasteiger partial charge in [0.1, 0.15) is 12.0 Å². The predicted molar refractivity (Wildman–Crippen MR) is 124 cm³/mol. The van der Waals surface area contributed by atoms with Gasteiger partial charge in [0.2, 0.25) is 0 Å². The fourth-order valence-corrected chi connectivity index (χ4v) is 4.13. The van der Waals surface area contributed by atoms with Crippen LogP contribution in [0.1, 0.15) is 46.0 Å². The number of ketones is 1. The Labute approximate surface area is 186 Å². The van der Waals surface area contributed by atoms with Gasteiger partial charge in [-0.2, -0.15) is 5.10 Å². The van der Waals surface area contributed by atoms with Gasteiger partial charge in [-0.25, -0.2) is 4.99 Å². The van der Waals surface area contributed by atoms with E-state index in [0.29, 0.717) is 29.5 Å². The number of nitrogens with zero attached hydrogens (tertiary/aromatic N) is 4. The summed E-state index contributed by atoms with van der Waals surface area (Å²) >= 11 is 0. The van der Waals surface area contributed by atoms with Crippen LogP contribution in [0, 0.1) is 12.8 Å². The lowest BCUT2D eigenvalue weighted by molar-refractivity contribution is 0.0930. The molecule has 0 saturated heterocycles. The number of aliphatic imine (C=N–C) groups is 1. The number of amides is 1. The Hall–Kier alpha value is -3.68. The van der Waals surface area contributed by atoms with Crippen LogP contribution in [-0.2, 0) is 7.05 Å². The number of hydrazone groups is 1. The molecule has 8 nitrogen and oxygen atoms in total. The highest BCUT2D eigenvalue weighted by Gasteiger charge is 2.37. The molecule has 3 aliphatic rings. The zero-order chi connectivity index (χ0) is 22.4. The largest absolute Gasteiger partial charge is 0.357 e. The van der Waals surface area contributed by atoms with Crippen molar-refractivity contribution >= 4 is 29.6 Å². The summed E-state index contributed by atoms with van der Waals surface area (Å²) in [6.45, 7) is 4.43. The molecule has 1 saturated carbocycles. The maximum absolute atomic E-state index is 13.1. The molecule has 1 aliphatic carbocycles. The van der Waals surface area contributed by atoms with E-state index in [-0.39, 0.29) is 17.6 Å². The number of benzene rings is 1. The van der Waals surface area contributed by atoms with Gasteiger partial charge in [0.15, 0.2) is 11.6 Å². The molecule has 0 spiro atoms. The summed E-state index contributed by atoms with van der Waals surface area (Å²) in [4.78, 5) is 30.1. The third kappa shape index (κ3) is 3.72. The van der Waals surface area contributed by atoms with E-state index < -0.39 is 0 Å². The maximum atomic E-state index is 13.1. The Balaban J connectivity index is 1.41. The molecule has 1 unspecified atom stereocenters. The first kappa shape index (κ1) is 20.2. The van der Waals surface area contributed by atoms with Crippen molar-refractivity contribution in [3.05, 3.63) is 64.6 Å². The van der Waals surface area contributed by atoms with E-state index in [2.05, 4.69) is 20.7 Å². The van der Waals surface area contributed by atoms with Gasteiger partial charge in [0.05, 0.1) is 12.5 Å². The van der Waals surface area contributed by atoms with E-state index in [4.69, 9.17) is 0 Å². The first-order chi connectivity index (χ1) is 15.4. The Morgan fingerprint density at radius 3 is 2.66 bits per heavy atom. The van der Waals surface area contributed by atoms with Gasteiger partial charge in [-0.05, 0) is 56.0 Å². The first-order valence-corrected chi connectivity index (χ1v) is 10.8. The van der Waals surface area contributed by atoms with Crippen molar-refractivity contribution in [1.29, 1.82) is 0 Å². The molecule has 32 heavy (non-hydrogen) atoms. The van der Waals surface area contributed by atoms with E-state index >= 15 is 0 Å². The third-order valence-electron chi connectivity index (χ3n) is 6.21. The number of amidine groups is 1. The van der Waals surface area contributed by atoms with E-state index in [0.717, 1.165) is 35.4 Å². The Bertz CT molecular complexity index is 1200. The summed E-state index contributed by atoms with van der Waals surface area (Å²) in [5.41, 5.74) is 4.86. The molecule has 1 amide bonds. The monoisotopic (exact) mass is 430 g/mol. The molecule has 0 radical (unpaired) electrons. The molecule has 8 heteroatoms. The van der Waals surface area contributed by atoms with E-state index in [1.807, 2.05) is 67.1 Å². The summed E-state index contributed by atoms with van der Waals surface area (Å²) in [5, 5.41) is 12.6. The second-order valence-electron chi connectivity index (χ2n) is 8.71. The maximum Gasteiger partial charge on any atom is 0.251 e. The van der Waals surface area contributed by atoms with Crippen LogP contribution in [0.3, 0.4) is 0 Å². The molecule has 164 valence electrons. The molecule has 2 N–H and O–H groups in total. The fraction of sp³-hybridized carbons (Fsp3) is 0.333. The van der Waals surface area contributed by atoms with Crippen molar-refractivity contribution in [2.75, 3.05) is 11.9 Å². The van der Waals surface area contributed by atoms with Crippen LogP contribution in [0.4, 0.5) is 5.69 Å². The zero-order valence-corrected chi connectivity index (χ0v) is 18.4. The number of rotatable bonds is 5. The van der Waals surface area contributed by atoms with E-state index in [9.17, 15) is 9.59 Å². The fourth-order valence-electron chi connectivity index (χ4n) is 4.13. The minimum Gasteiger partial charge on any atom is -0.357 e. The van der Waals surface area contributed by atoms with Crippen LogP contribution in [0.25, 0.3) is 0 Å². The summed E-state index contributed by atoms with van der Waals surface area (Å²) in [7, 11) is 1.90. The zero-order valence-electron chi connectivity index (χ0n) is 18.4. The van der Waals surface area contributed by atoms with Crippen molar-refractivity contribution < 1.29 is 9.59 Å². The Morgan fingerprint density at radius 2 is 1.94 bits per heavy atom. The lowest BCUT2D eigenvalue weighted by Crippen LogP contribution is -2.29. The number of aromatic nitrogens is 1.